The highest BCUT2D eigenvalue weighted by Crippen LogP contribution is 2.28. The Bertz CT molecular complexity index is 2220. The first-order valence-electron chi connectivity index (χ1n) is 17.4. The first-order chi connectivity index (χ1) is 25.1. The van der Waals surface area contributed by atoms with E-state index in [4.69, 9.17) is 16.6 Å². The quantitative estimate of drug-likeness (QED) is 0.110. The lowest BCUT2D eigenvalue weighted by Crippen LogP contribution is -2.30. The summed E-state index contributed by atoms with van der Waals surface area (Å²) in [6.45, 7) is 8.00. The third-order valence-corrected chi connectivity index (χ3v) is 8.17. The molecule has 0 amide bonds. The second-order valence-electron chi connectivity index (χ2n) is 10.9. The number of para-hydroxylation sites is 6. The highest BCUT2D eigenvalue weighted by molar-refractivity contribution is 6.06. The van der Waals surface area contributed by atoms with Gasteiger partial charge in [0.1, 0.15) is 7.05 Å². The van der Waals surface area contributed by atoms with E-state index in [1.165, 1.54) is 21.8 Å². The molecule has 3 aromatic heterocycles. The third kappa shape index (κ3) is 8.38. The molecule has 5 N–H and O–H groups in total. The fourth-order valence-corrected chi connectivity index (χ4v) is 5.86. The van der Waals surface area contributed by atoms with Gasteiger partial charge in [-0.25, -0.2) is 9.97 Å². The molecular weight excluding hydrogens is 627 g/mol. The summed E-state index contributed by atoms with van der Waals surface area (Å²) in [4.78, 5) is 9.14. The molecule has 9 rings (SSSR count). The van der Waals surface area contributed by atoms with Gasteiger partial charge in [0.2, 0.25) is 11.0 Å². The van der Waals surface area contributed by atoms with E-state index in [0.29, 0.717) is 0 Å². The lowest BCUT2D eigenvalue weighted by Gasteiger charge is -2.05. The minimum absolute atomic E-state index is 0.816. The van der Waals surface area contributed by atoms with Crippen molar-refractivity contribution in [2.75, 3.05) is 18.6 Å². The van der Waals surface area contributed by atoms with Crippen LogP contribution in [0.3, 0.4) is 0 Å². The van der Waals surface area contributed by atoms with Gasteiger partial charge < -0.3 is 16.6 Å². The van der Waals surface area contributed by atoms with Crippen molar-refractivity contribution in [3.05, 3.63) is 152 Å². The fraction of sp³-hybridized carbons (Fsp3) is 0.133. The molecule has 0 radical (unpaired) electrons. The van der Waals surface area contributed by atoms with Crippen molar-refractivity contribution in [2.45, 2.75) is 27.7 Å². The van der Waals surface area contributed by atoms with Gasteiger partial charge in [-0.1, -0.05) is 125 Å². The highest BCUT2D eigenvalue weighted by Gasteiger charge is 2.14. The standard InChI is InChI=1S/C14H12N2.C13H10N2.C13H9N.2C2H6.CH4O/c1-16-12-8-4-2-6-10(12)14(15)11-7-3-5-9-13(11)16;14-13-9-5-1-3-7-11(9)15-12-8-4-2-6-10(12)13;1-3-7-12-10(5-1)9-11-6-2-4-8-13(11)14-12;3*1-2/h2-9,15H,1H3;1-8H,(H2,14,15);1-9H;2*1-2H3;2H,1H3/p+1. The third-order valence-electron chi connectivity index (χ3n) is 8.17. The SMILES string of the molecule is CC.CC.CO.C[n+]1c2ccccc2c(N)c2ccccc21.Nc1c2ccccc2nc2ccccc12.c1ccc2nc3ccccc3cc2c1. The van der Waals surface area contributed by atoms with Crippen molar-refractivity contribution in [2.24, 2.45) is 7.05 Å². The second kappa shape index (κ2) is 18.6. The summed E-state index contributed by atoms with van der Waals surface area (Å²) in [5.74, 6) is 0. The molecule has 0 spiro atoms. The van der Waals surface area contributed by atoms with E-state index in [0.717, 1.165) is 62.1 Å². The molecule has 0 saturated carbocycles. The van der Waals surface area contributed by atoms with Crippen LogP contribution in [0.1, 0.15) is 27.7 Å². The molecule has 6 nitrogen and oxygen atoms in total. The number of aliphatic hydroxyl groups is 1. The van der Waals surface area contributed by atoms with Gasteiger partial charge in [-0.3, -0.25) is 0 Å². The van der Waals surface area contributed by atoms with Gasteiger partial charge in [0.25, 0.3) is 0 Å². The number of nitrogens with two attached hydrogens (primary N) is 2. The van der Waals surface area contributed by atoms with Gasteiger partial charge in [-0.05, 0) is 42.5 Å². The molecule has 6 aromatic carbocycles. The molecule has 0 aliphatic heterocycles. The zero-order valence-electron chi connectivity index (χ0n) is 30.4. The van der Waals surface area contributed by atoms with E-state index < -0.39 is 0 Å². The molecule has 0 aliphatic carbocycles. The Labute approximate surface area is 300 Å². The zero-order chi connectivity index (χ0) is 36.8. The molecule has 3 heterocycles. The number of nitrogen functional groups attached to an aromatic ring is 2. The summed E-state index contributed by atoms with van der Waals surface area (Å²) in [6, 6.07) is 50.9. The van der Waals surface area contributed by atoms with E-state index in [2.05, 4.69) is 64.0 Å². The highest BCUT2D eigenvalue weighted by atomic mass is 16.2. The summed E-state index contributed by atoms with van der Waals surface area (Å²) in [5, 5.41) is 13.7. The fourth-order valence-electron chi connectivity index (χ4n) is 5.86. The van der Waals surface area contributed by atoms with E-state index >= 15 is 0 Å². The minimum Gasteiger partial charge on any atom is -0.400 e. The van der Waals surface area contributed by atoms with Gasteiger partial charge in [0, 0.05) is 40.8 Å². The number of hydrogen-bond donors (Lipinski definition) is 3. The molecule has 0 bridgehead atoms. The topological polar surface area (TPSA) is 102 Å². The van der Waals surface area contributed by atoms with E-state index in [1.807, 2.05) is 137 Å². The summed E-state index contributed by atoms with van der Waals surface area (Å²) < 4.78 is 2.18. The molecule has 9 aromatic rings. The first-order valence-corrected chi connectivity index (χ1v) is 17.4. The maximum absolute atomic E-state index is 7.00. The van der Waals surface area contributed by atoms with Crippen LogP contribution in [0.5, 0.6) is 0 Å². The minimum atomic E-state index is 0.816. The Kier molecular flexibility index (Phi) is 13.7. The first kappa shape index (κ1) is 37.7. The van der Waals surface area contributed by atoms with E-state index in [1.54, 1.807) is 0 Å². The number of aryl methyl sites for hydroxylation is 1. The van der Waals surface area contributed by atoms with Crippen molar-refractivity contribution in [1.82, 2.24) is 9.97 Å². The van der Waals surface area contributed by atoms with Crippen LogP contribution in [0.15, 0.2) is 152 Å². The molecule has 0 fully saturated rings. The van der Waals surface area contributed by atoms with E-state index in [-0.39, 0.29) is 0 Å². The zero-order valence-corrected chi connectivity index (χ0v) is 30.4. The lowest BCUT2D eigenvalue weighted by molar-refractivity contribution is -0.617. The van der Waals surface area contributed by atoms with Gasteiger partial charge in [0.15, 0.2) is 0 Å². The normalized spacial score (nSPS) is 10.0. The molecule has 51 heavy (non-hydrogen) atoms. The van der Waals surface area contributed by atoms with E-state index in [9.17, 15) is 0 Å². The predicted octanol–water partition coefficient (Wildman–Crippen LogP) is 10.4. The van der Waals surface area contributed by atoms with Crippen LogP contribution < -0.4 is 16.0 Å². The summed E-state index contributed by atoms with van der Waals surface area (Å²) in [7, 11) is 3.07. The maximum Gasteiger partial charge on any atom is 0.214 e. The number of fused-ring (bicyclic) bond motifs is 6. The molecule has 0 atom stereocenters. The summed E-state index contributed by atoms with van der Waals surface area (Å²) in [6.07, 6.45) is 0. The van der Waals surface area contributed by atoms with Crippen LogP contribution in [0.4, 0.5) is 11.4 Å². The smallest absolute Gasteiger partial charge is 0.214 e. The Morgan fingerprint density at radius 3 is 1.14 bits per heavy atom. The number of aromatic nitrogens is 3. The van der Waals surface area contributed by atoms with Crippen molar-refractivity contribution in [3.63, 3.8) is 0 Å². The Hall–Kier alpha value is -6.11. The average molecular weight is 675 g/mol. The van der Waals surface area contributed by atoms with Crippen molar-refractivity contribution in [1.29, 1.82) is 0 Å². The number of benzene rings is 6. The number of anilines is 2. The molecule has 258 valence electrons. The largest absolute Gasteiger partial charge is 0.400 e. The van der Waals surface area contributed by atoms with Gasteiger partial charge in [-0.15, -0.1) is 0 Å². The average Bonchev–Trinajstić information content (AvgIpc) is 3.22. The van der Waals surface area contributed by atoms with Gasteiger partial charge in [0.05, 0.1) is 44.2 Å². The van der Waals surface area contributed by atoms with Crippen LogP contribution in [-0.4, -0.2) is 22.2 Å². The van der Waals surface area contributed by atoms with Crippen molar-refractivity contribution < 1.29 is 9.67 Å². The maximum atomic E-state index is 7.00. The Balaban J connectivity index is 0.000000160. The summed E-state index contributed by atoms with van der Waals surface area (Å²) >= 11 is 0. The van der Waals surface area contributed by atoms with Gasteiger partial charge >= 0.3 is 0 Å². The van der Waals surface area contributed by atoms with Crippen molar-refractivity contribution in [3.8, 4) is 0 Å². The second-order valence-corrected chi connectivity index (χ2v) is 10.9. The molecule has 0 unspecified atom stereocenters. The lowest BCUT2D eigenvalue weighted by atomic mass is 10.1. The molecule has 0 aliphatic rings. The van der Waals surface area contributed by atoms with Crippen LogP contribution >= 0.6 is 0 Å². The number of rotatable bonds is 0. The van der Waals surface area contributed by atoms with Crippen LogP contribution in [-0.2, 0) is 7.05 Å². The van der Waals surface area contributed by atoms with Gasteiger partial charge in [-0.2, -0.15) is 4.57 Å². The Morgan fingerprint density at radius 2 is 0.706 bits per heavy atom. The number of hydrogen-bond acceptors (Lipinski definition) is 5. The number of nitrogens with zero attached hydrogens (tertiary/aromatic N) is 3. The van der Waals surface area contributed by atoms with Crippen LogP contribution in [0, 0.1) is 0 Å². The number of aliphatic hydroxyl groups excluding tert-OH is 1. The number of pyridine rings is 3. The van der Waals surface area contributed by atoms with Crippen molar-refractivity contribution >= 4 is 76.8 Å². The monoisotopic (exact) mass is 674 g/mol. The molecule has 6 heteroatoms. The molecule has 0 saturated heterocycles. The van der Waals surface area contributed by atoms with Crippen LogP contribution in [0.2, 0.25) is 0 Å². The Morgan fingerprint density at radius 1 is 0.412 bits per heavy atom. The van der Waals surface area contributed by atoms with Crippen LogP contribution in [0.25, 0.3) is 65.4 Å². The predicted molar refractivity (Wildman–Crippen MR) is 221 cm³/mol. The summed E-state index contributed by atoms with van der Waals surface area (Å²) in [5.41, 5.74) is 20.4. The molecular formula is C45H48N5O+.